The van der Waals surface area contributed by atoms with Gasteiger partial charge < -0.3 is 20.1 Å². The fourth-order valence-corrected chi connectivity index (χ4v) is 2.62. The molecule has 136 valence electrons. The largest absolute Gasteiger partial charge is 0.454 e. The zero-order valence-electron chi connectivity index (χ0n) is 14.6. The number of aryl methyl sites for hydroxylation is 1. The monoisotopic (exact) mass is 363 g/mol. The molecule has 4 rings (SSSR count). The highest BCUT2D eigenvalue weighted by Crippen LogP contribution is 2.34. The molecule has 0 radical (unpaired) electrons. The van der Waals surface area contributed by atoms with Crippen molar-refractivity contribution in [2.24, 2.45) is 0 Å². The molecule has 0 saturated heterocycles. The number of amides is 1. The third-order valence-electron chi connectivity index (χ3n) is 3.92. The first kappa shape index (κ1) is 16.8. The summed E-state index contributed by atoms with van der Waals surface area (Å²) in [6.45, 7) is 2.54. The number of anilines is 2. The summed E-state index contributed by atoms with van der Waals surface area (Å²) in [5.41, 5.74) is 2.61. The Hall–Kier alpha value is -3.68. The van der Waals surface area contributed by atoms with E-state index in [1.807, 2.05) is 19.1 Å². The third kappa shape index (κ3) is 3.95. The third-order valence-corrected chi connectivity index (χ3v) is 3.92. The Morgan fingerprint density at radius 3 is 2.74 bits per heavy atom. The van der Waals surface area contributed by atoms with Crippen molar-refractivity contribution in [3.05, 3.63) is 65.7 Å². The van der Waals surface area contributed by atoms with Crippen molar-refractivity contribution in [3.8, 4) is 11.5 Å². The van der Waals surface area contributed by atoms with E-state index in [2.05, 4.69) is 25.6 Å². The Bertz CT molecular complexity index is 978. The fraction of sp³-hybridized carbons (Fsp3) is 0.158. The van der Waals surface area contributed by atoms with Gasteiger partial charge in [-0.25, -0.2) is 9.97 Å². The van der Waals surface area contributed by atoms with E-state index < -0.39 is 0 Å². The topological polar surface area (TPSA) is 98.3 Å². The molecule has 27 heavy (non-hydrogen) atoms. The molecule has 0 atom stereocenters. The van der Waals surface area contributed by atoms with Crippen LogP contribution in [0.5, 0.6) is 11.5 Å². The number of hydrogen-bond donors (Lipinski definition) is 2. The van der Waals surface area contributed by atoms with Gasteiger partial charge in [0.1, 0.15) is 5.69 Å². The predicted molar refractivity (Wildman–Crippen MR) is 98.9 cm³/mol. The summed E-state index contributed by atoms with van der Waals surface area (Å²) < 4.78 is 10.6. The lowest BCUT2D eigenvalue weighted by Crippen LogP contribution is -2.16. The summed E-state index contributed by atoms with van der Waals surface area (Å²) >= 11 is 0. The van der Waals surface area contributed by atoms with E-state index in [9.17, 15) is 4.79 Å². The van der Waals surface area contributed by atoms with Crippen molar-refractivity contribution in [1.82, 2.24) is 15.0 Å². The van der Waals surface area contributed by atoms with Crippen molar-refractivity contribution < 1.29 is 14.3 Å². The van der Waals surface area contributed by atoms with Gasteiger partial charge in [0.2, 0.25) is 12.7 Å². The average Bonchev–Trinajstić information content (AvgIpc) is 3.14. The summed E-state index contributed by atoms with van der Waals surface area (Å²) in [6.07, 6.45) is 3.44. The van der Waals surface area contributed by atoms with Gasteiger partial charge in [0, 0.05) is 36.4 Å². The van der Waals surface area contributed by atoms with Crippen LogP contribution in [0.25, 0.3) is 0 Å². The maximum atomic E-state index is 12.6. The Morgan fingerprint density at radius 2 is 1.89 bits per heavy atom. The zero-order chi connectivity index (χ0) is 18.6. The number of pyridine rings is 1. The molecule has 2 aromatic heterocycles. The number of nitrogens with one attached hydrogen (secondary N) is 2. The van der Waals surface area contributed by atoms with E-state index in [0.29, 0.717) is 35.4 Å². The molecule has 8 heteroatoms. The molecule has 8 nitrogen and oxygen atoms in total. The van der Waals surface area contributed by atoms with E-state index >= 15 is 0 Å². The van der Waals surface area contributed by atoms with Crippen LogP contribution in [0.2, 0.25) is 0 Å². The first-order valence-corrected chi connectivity index (χ1v) is 8.37. The summed E-state index contributed by atoms with van der Waals surface area (Å²) in [5, 5.41) is 5.94. The molecule has 3 aromatic rings. The molecule has 3 heterocycles. The zero-order valence-corrected chi connectivity index (χ0v) is 14.6. The first-order valence-electron chi connectivity index (χ1n) is 8.37. The summed E-state index contributed by atoms with van der Waals surface area (Å²) in [4.78, 5) is 25.2. The van der Waals surface area contributed by atoms with Gasteiger partial charge in [-0.15, -0.1) is 0 Å². The Balaban J connectivity index is 1.47. The second-order valence-electron chi connectivity index (χ2n) is 5.95. The van der Waals surface area contributed by atoms with E-state index in [4.69, 9.17) is 9.47 Å². The summed E-state index contributed by atoms with van der Waals surface area (Å²) in [5.74, 6) is 1.33. The smallest absolute Gasteiger partial charge is 0.274 e. The van der Waals surface area contributed by atoms with Gasteiger partial charge in [-0.2, -0.15) is 0 Å². The van der Waals surface area contributed by atoms with Gasteiger partial charge in [0.05, 0.1) is 0 Å². The average molecular weight is 363 g/mol. The fourth-order valence-electron chi connectivity index (χ4n) is 2.62. The molecule has 2 N–H and O–H groups in total. The van der Waals surface area contributed by atoms with Gasteiger partial charge in [-0.1, -0.05) is 0 Å². The van der Waals surface area contributed by atoms with Crippen LogP contribution < -0.4 is 20.1 Å². The van der Waals surface area contributed by atoms with Crippen LogP contribution in [0.4, 0.5) is 11.6 Å². The van der Waals surface area contributed by atoms with Gasteiger partial charge in [-0.05, 0) is 42.8 Å². The lowest BCUT2D eigenvalue weighted by atomic mass is 10.2. The van der Waals surface area contributed by atoms with Crippen molar-refractivity contribution in [2.75, 3.05) is 17.4 Å². The van der Waals surface area contributed by atoms with Crippen LogP contribution in [0, 0.1) is 6.92 Å². The van der Waals surface area contributed by atoms with Crippen LogP contribution in [0.1, 0.15) is 21.7 Å². The lowest BCUT2D eigenvalue weighted by molar-refractivity contribution is 0.102. The number of hydrogen-bond acceptors (Lipinski definition) is 7. The second kappa shape index (κ2) is 7.28. The second-order valence-corrected chi connectivity index (χ2v) is 5.95. The lowest BCUT2D eigenvalue weighted by Gasteiger charge is -2.09. The standard InChI is InChI=1S/C19H17N5O3/c1-12-8-15(24-19(22-12)21-10-13-4-6-20-7-5-13)18(25)23-14-2-3-16-17(9-14)27-11-26-16/h2-9H,10-11H2,1H3,(H,23,25)(H,21,22,24). The number of fused-ring (bicyclic) bond motifs is 1. The molecular formula is C19H17N5O3. The van der Waals surface area contributed by atoms with Crippen LogP contribution in [0.15, 0.2) is 48.8 Å². The molecule has 1 amide bonds. The molecule has 0 aliphatic carbocycles. The molecule has 0 spiro atoms. The predicted octanol–water partition coefficient (Wildman–Crippen LogP) is 2.77. The van der Waals surface area contributed by atoms with Crippen LogP contribution in [0.3, 0.4) is 0 Å². The van der Waals surface area contributed by atoms with Crippen molar-refractivity contribution >= 4 is 17.5 Å². The van der Waals surface area contributed by atoms with E-state index in [-0.39, 0.29) is 18.4 Å². The molecule has 0 unspecified atom stereocenters. The number of aromatic nitrogens is 3. The highest BCUT2D eigenvalue weighted by atomic mass is 16.7. The molecule has 0 fully saturated rings. The van der Waals surface area contributed by atoms with Gasteiger partial charge >= 0.3 is 0 Å². The minimum absolute atomic E-state index is 0.185. The van der Waals surface area contributed by atoms with Gasteiger partial charge in [0.15, 0.2) is 11.5 Å². The Labute approximate surface area is 155 Å². The molecule has 1 aliphatic rings. The number of benzene rings is 1. The number of carbonyl (C=O) groups is 1. The number of ether oxygens (including phenoxy) is 2. The molecule has 0 saturated carbocycles. The molecule has 1 aromatic carbocycles. The normalized spacial score (nSPS) is 11.9. The van der Waals surface area contributed by atoms with Gasteiger partial charge in [0.25, 0.3) is 5.91 Å². The van der Waals surface area contributed by atoms with Crippen molar-refractivity contribution in [3.63, 3.8) is 0 Å². The van der Waals surface area contributed by atoms with E-state index in [1.54, 1.807) is 36.7 Å². The highest BCUT2D eigenvalue weighted by molar-refractivity contribution is 6.03. The van der Waals surface area contributed by atoms with Crippen LogP contribution in [-0.2, 0) is 6.54 Å². The highest BCUT2D eigenvalue weighted by Gasteiger charge is 2.16. The maximum absolute atomic E-state index is 12.6. The minimum atomic E-state index is -0.327. The van der Waals surface area contributed by atoms with Crippen molar-refractivity contribution in [2.45, 2.75) is 13.5 Å². The first-order chi connectivity index (χ1) is 13.2. The van der Waals surface area contributed by atoms with E-state index in [0.717, 1.165) is 5.56 Å². The number of rotatable bonds is 5. The summed E-state index contributed by atoms with van der Waals surface area (Å²) in [7, 11) is 0. The number of nitrogens with zero attached hydrogens (tertiary/aromatic N) is 3. The Morgan fingerprint density at radius 1 is 1.07 bits per heavy atom. The molecular weight excluding hydrogens is 346 g/mol. The Kier molecular flexibility index (Phi) is 4.52. The molecule has 0 bridgehead atoms. The minimum Gasteiger partial charge on any atom is -0.454 e. The SMILES string of the molecule is Cc1cc(C(=O)Nc2ccc3c(c2)OCO3)nc(NCc2ccncc2)n1. The quantitative estimate of drug-likeness (QED) is 0.719. The van der Waals surface area contributed by atoms with Gasteiger partial charge in [-0.3, -0.25) is 9.78 Å². The number of carbonyl (C=O) groups excluding carboxylic acids is 1. The van der Waals surface area contributed by atoms with Crippen LogP contribution >= 0.6 is 0 Å². The maximum Gasteiger partial charge on any atom is 0.274 e. The summed E-state index contributed by atoms with van der Waals surface area (Å²) in [6, 6.07) is 10.7. The van der Waals surface area contributed by atoms with Crippen LogP contribution in [-0.4, -0.2) is 27.7 Å². The van der Waals surface area contributed by atoms with Crippen molar-refractivity contribution in [1.29, 1.82) is 0 Å². The molecule has 1 aliphatic heterocycles. The van der Waals surface area contributed by atoms with E-state index in [1.165, 1.54) is 0 Å².